The summed E-state index contributed by atoms with van der Waals surface area (Å²) in [5.74, 6) is -1.21. The third-order valence-corrected chi connectivity index (χ3v) is 6.07. The molecule has 0 saturated carbocycles. The molecule has 0 radical (unpaired) electrons. The molecule has 0 aromatic heterocycles. The van der Waals surface area contributed by atoms with Gasteiger partial charge in [0.1, 0.15) is 11.8 Å². The van der Waals surface area contributed by atoms with E-state index in [0.717, 1.165) is 36.5 Å². The van der Waals surface area contributed by atoms with Crippen LogP contribution in [-0.4, -0.2) is 38.7 Å². The first-order valence-electron chi connectivity index (χ1n) is 12.3. The van der Waals surface area contributed by atoms with E-state index in [2.05, 4.69) is 5.28 Å². The van der Waals surface area contributed by atoms with Crippen molar-refractivity contribution in [3.05, 3.63) is 109 Å². The maximum absolute atomic E-state index is 12.7. The van der Waals surface area contributed by atoms with Gasteiger partial charge in [-0.25, -0.2) is 0 Å². The summed E-state index contributed by atoms with van der Waals surface area (Å²) in [7, 11) is 0. The molecule has 0 spiro atoms. The van der Waals surface area contributed by atoms with E-state index in [1.54, 1.807) is 12.1 Å². The van der Waals surface area contributed by atoms with Crippen molar-refractivity contribution in [3.8, 4) is 17.2 Å². The van der Waals surface area contributed by atoms with Crippen molar-refractivity contribution in [2.45, 2.75) is 26.2 Å². The Morgan fingerprint density at radius 2 is 1.57 bits per heavy atom. The van der Waals surface area contributed by atoms with Crippen molar-refractivity contribution in [3.63, 3.8) is 0 Å². The van der Waals surface area contributed by atoms with Gasteiger partial charge in [-0.2, -0.15) is 0 Å². The number of ether oxygens (including phenoxy) is 1. The highest BCUT2D eigenvalue weighted by Crippen LogP contribution is 2.41. The number of carbonyl (C=O) groups excluding carboxylic acids is 1. The summed E-state index contributed by atoms with van der Waals surface area (Å²) in [6, 6.07) is 15.1. The SMILES string of the molecule is Cc1ccc(/C=C/C(=O)c2cccc(Oc3cc(O/N=[N+](\[O-])N4CCCCC4)c([N+](=O)[O-])cc3[N+](=O)[O-])c2)cc1. The summed E-state index contributed by atoms with van der Waals surface area (Å²) in [6.45, 7) is 2.85. The van der Waals surface area contributed by atoms with Crippen LogP contribution in [0.2, 0.25) is 0 Å². The zero-order valence-electron chi connectivity index (χ0n) is 21.5. The molecule has 1 saturated heterocycles. The van der Waals surface area contributed by atoms with Crippen LogP contribution in [0.5, 0.6) is 17.2 Å². The van der Waals surface area contributed by atoms with E-state index in [1.807, 2.05) is 31.2 Å². The lowest BCUT2D eigenvalue weighted by Gasteiger charge is -2.21. The highest BCUT2D eigenvalue weighted by molar-refractivity contribution is 6.07. The molecule has 1 fully saturated rings. The molecule has 0 aliphatic carbocycles. The Kier molecular flexibility index (Phi) is 8.64. The number of carbonyl (C=O) groups is 1. The van der Waals surface area contributed by atoms with Crippen LogP contribution in [0, 0.1) is 32.4 Å². The molecule has 206 valence electrons. The molecule has 0 atom stereocenters. The molecule has 40 heavy (non-hydrogen) atoms. The maximum Gasteiger partial charge on any atom is 0.321 e. The van der Waals surface area contributed by atoms with Gasteiger partial charge in [-0.1, -0.05) is 48.0 Å². The number of ketones is 1. The second kappa shape index (κ2) is 12.5. The van der Waals surface area contributed by atoms with Crippen LogP contribution >= 0.6 is 0 Å². The highest BCUT2D eigenvalue weighted by Gasteiger charge is 2.29. The Hall–Kier alpha value is -5.33. The Balaban J connectivity index is 1.60. The van der Waals surface area contributed by atoms with Gasteiger partial charge in [0, 0.05) is 11.6 Å². The second-order valence-electron chi connectivity index (χ2n) is 8.98. The highest BCUT2D eigenvalue weighted by atomic mass is 16.7. The molecule has 3 aromatic carbocycles. The van der Waals surface area contributed by atoms with Gasteiger partial charge in [0.05, 0.1) is 27.9 Å². The second-order valence-corrected chi connectivity index (χ2v) is 8.98. The number of nitro benzene ring substituents is 2. The van der Waals surface area contributed by atoms with Crippen LogP contribution in [0.3, 0.4) is 0 Å². The van der Waals surface area contributed by atoms with E-state index in [9.17, 15) is 30.2 Å². The van der Waals surface area contributed by atoms with Crippen molar-refractivity contribution in [2.24, 2.45) is 5.28 Å². The lowest BCUT2D eigenvalue weighted by molar-refractivity contribution is -0.708. The van der Waals surface area contributed by atoms with Crippen molar-refractivity contribution in [1.29, 1.82) is 0 Å². The number of piperidine rings is 1. The summed E-state index contributed by atoms with van der Waals surface area (Å²) in [5.41, 5.74) is 0.677. The summed E-state index contributed by atoms with van der Waals surface area (Å²) >= 11 is 0. The fraction of sp³-hybridized carbons (Fsp3) is 0.222. The number of nitro groups is 2. The quantitative estimate of drug-likeness (QED) is 0.0722. The van der Waals surface area contributed by atoms with Gasteiger partial charge in [-0.05, 0) is 50.0 Å². The Bertz CT molecular complexity index is 1480. The Morgan fingerprint density at radius 3 is 2.25 bits per heavy atom. The molecule has 1 heterocycles. The van der Waals surface area contributed by atoms with E-state index < -0.39 is 32.7 Å². The van der Waals surface area contributed by atoms with E-state index in [0.29, 0.717) is 19.2 Å². The van der Waals surface area contributed by atoms with E-state index in [4.69, 9.17) is 9.57 Å². The van der Waals surface area contributed by atoms with Crippen molar-refractivity contribution in [1.82, 2.24) is 5.01 Å². The predicted molar refractivity (Wildman–Crippen MR) is 143 cm³/mol. The number of hydrazine groups is 1. The third-order valence-electron chi connectivity index (χ3n) is 6.07. The molecule has 0 amide bonds. The lowest BCUT2D eigenvalue weighted by atomic mass is 10.1. The topological polar surface area (TPSA) is 163 Å². The fourth-order valence-electron chi connectivity index (χ4n) is 3.94. The first-order chi connectivity index (χ1) is 19.2. The van der Waals surface area contributed by atoms with E-state index in [1.165, 1.54) is 29.3 Å². The van der Waals surface area contributed by atoms with Crippen molar-refractivity contribution >= 4 is 23.2 Å². The van der Waals surface area contributed by atoms with E-state index >= 15 is 0 Å². The maximum atomic E-state index is 12.7. The van der Waals surface area contributed by atoms with Crippen LogP contribution in [0.25, 0.3) is 6.08 Å². The first-order valence-corrected chi connectivity index (χ1v) is 12.3. The summed E-state index contributed by atoms with van der Waals surface area (Å²) < 4.78 is 5.67. The minimum atomic E-state index is -0.892. The molecule has 4 rings (SSSR count). The number of rotatable bonds is 10. The van der Waals surface area contributed by atoms with Gasteiger partial charge < -0.3 is 9.94 Å². The minimum Gasteiger partial charge on any atom is -0.569 e. The van der Waals surface area contributed by atoms with Gasteiger partial charge in [0.25, 0.3) is 0 Å². The summed E-state index contributed by atoms with van der Waals surface area (Å²) in [5, 5.41) is 40.3. The van der Waals surface area contributed by atoms with Gasteiger partial charge in [0.15, 0.2) is 5.78 Å². The fourth-order valence-corrected chi connectivity index (χ4v) is 3.94. The molecular weight excluding hydrogens is 522 g/mol. The standard InChI is InChI=1S/C27H25N5O8/c1-19-8-10-20(11-9-19)12-13-25(33)21-6-5-7-22(16-21)39-26-18-27(24(31(36)37)17-23(26)30(34)35)40-28-32(38)29-14-3-2-4-15-29/h5-13,16-18H,2-4,14-15H2,1H3/b13-12+,32-28-. The van der Waals surface area contributed by atoms with Crippen molar-refractivity contribution in [2.75, 3.05) is 13.1 Å². The van der Waals surface area contributed by atoms with Gasteiger partial charge >= 0.3 is 11.4 Å². The van der Waals surface area contributed by atoms with Crippen LogP contribution in [0.15, 0.2) is 72.0 Å². The Morgan fingerprint density at radius 1 is 0.900 bits per heavy atom. The molecule has 3 aromatic rings. The monoisotopic (exact) mass is 547 g/mol. The van der Waals surface area contributed by atoms with E-state index in [-0.39, 0.29) is 22.1 Å². The number of allylic oxidation sites excluding steroid dienone is 1. The molecule has 1 aliphatic heterocycles. The number of hydrogen-bond donors (Lipinski definition) is 0. The lowest BCUT2D eigenvalue weighted by Crippen LogP contribution is -2.35. The van der Waals surface area contributed by atoms with Crippen LogP contribution in [0.4, 0.5) is 11.4 Å². The zero-order valence-corrected chi connectivity index (χ0v) is 21.5. The van der Waals surface area contributed by atoms with Gasteiger partial charge in [0.2, 0.25) is 16.8 Å². The molecule has 0 N–H and O–H groups in total. The largest absolute Gasteiger partial charge is 0.569 e. The average Bonchev–Trinajstić information content (AvgIpc) is 2.95. The predicted octanol–water partition coefficient (Wildman–Crippen LogP) is 6.16. The van der Waals surface area contributed by atoms with Crippen molar-refractivity contribution < 1.29 is 29.2 Å². The van der Waals surface area contributed by atoms with Gasteiger partial charge in [-0.3, -0.25) is 29.9 Å². The number of nitrogens with zero attached hydrogens (tertiary/aromatic N) is 5. The third kappa shape index (κ3) is 6.95. The minimum absolute atomic E-state index is 0.0631. The summed E-state index contributed by atoms with van der Waals surface area (Å²) in [4.78, 5) is 39.5. The normalized spacial score (nSPS) is 13.7. The smallest absolute Gasteiger partial charge is 0.321 e. The molecule has 13 nitrogen and oxygen atoms in total. The van der Waals surface area contributed by atoms with Crippen LogP contribution in [-0.2, 0) is 0 Å². The number of aryl methyl sites for hydroxylation is 1. The van der Waals surface area contributed by atoms with Crippen LogP contribution in [0.1, 0.15) is 40.7 Å². The zero-order chi connectivity index (χ0) is 28.6. The number of hydrogen-bond acceptors (Lipinski definition) is 9. The van der Waals surface area contributed by atoms with Gasteiger partial charge in [-0.15, -0.1) is 5.01 Å². The molecule has 13 heteroatoms. The molecule has 0 unspecified atom stereocenters. The molecule has 1 aliphatic rings. The van der Waals surface area contributed by atoms with Crippen LogP contribution < -0.4 is 9.57 Å². The molecular formula is C27H25N5O8. The Labute approximate surface area is 228 Å². The average molecular weight is 548 g/mol. The molecule has 0 bridgehead atoms. The number of benzene rings is 3. The summed E-state index contributed by atoms with van der Waals surface area (Å²) in [6.07, 6.45) is 5.59. The first kappa shape index (κ1) is 27.7.